The number of Topliss-reactive ketones (excluding diaryl/α,β-unsaturated/α-hetero) is 1. The first-order chi connectivity index (χ1) is 9.50. The van der Waals surface area contributed by atoms with Gasteiger partial charge in [0.05, 0.1) is 6.42 Å². The van der Waals surface area contributed by atoms with Crippen LogP contribution in [0.25, 0.3) is 0 Å². The van der Waals surface area contributed by atoms with Gasteiger partial charge >= 0.3 is 0 Å². The maximum Gasteiger partial charge on any atom is 0.261 e. The molecule has 20 heavy (non-hydrogen) atoms. The number of ketones is 1. The summed E-state index contributed by atoms with van der Waals surface area (Å²) in [5.41, 5.74) is -0.890. The lowest BCUT2D eigenvalue weighted by Gasteiger charge is -2.19. The number of aryl methyl sites for hydroxylation is 1. The fraction of sp³-hybridized carbons (Fsp3) is 0.200. The standard InChI is InChI=1S/C15H13NO4/c1-9-6-7-13(20-9)12(17)8-15(19)10-4-2-3-5-11(10)16-14(15)18/h2-7,19H,8H2,1H3,(H,16,18)/t15-/m1/s1. The number of hydrogen-bond donors (Lipinski definition) is 2. The van der Waals surface area contributed by atoms with Gasteiger partial charge in [-0.2, -0.15) is 0 Å². The van der Waals surface area contributed by atoms with Gasteiger partial charge in [-0.05, 0) is 25.1 Å². The Morgan fingerprint density at radius 1 is 1.30 bits per heavy atom. The number of hydrogen-bond acceptors (Lipinski definition) is 4. The second kappa shape index (κ2) is 4.31. The highest BCUT2D eigenvalue weighted by molar-refractivity contribution is 6.08. The van der Waals surface area contributed by atoms with E-state index in [1.807, 2.05) is 0 Å². The Balaban J connectivity index is 1.93. The summed E-state index contributed by atoms with van der Waals surface area (Å²) in [5, 5.41) is 13.2. The van der Waals surface area contributed by atoms with Crippen LogP contribution in [0, 0.1) is 6.92 Å². The molecule has 0 saturated heterocycles. The summed E-state index contributed by atoms with van der Waals surface area (Å²) in [6.45, 7) is 1.73. The topological polar surface area (TPSA) is 79.5 Å². The van der Waals surface area contributed by atoms with E-state index in [9.17, 15) is 14.7 Å². The summed E-state index contributed by atoms with van der Waals surface area (Å²) in [6.07, 6.45) is -0.344. The van der Waals surface area contributed by atoms with Gasteiger partial charge in [0.15, 0.2) is 11.4 Å². The zero-order valence-corrected chi connectivity index (χ0v) is 10.8. The van der Waals surface area contributed by atoms with E-state index in [4.69, 9.17) is 4.42 Å². The van der Waals surface area contributed by atoms with Crippen LogP contribution in [-0.4, -0.2) is 16.8 Å². The fourth-order valence-electron chi connectivity index (χ4n) is 2.38. The molecular weight excluding hydrogens is 258 g/mol. The number of amides is 1. The van der Waals surface area contributed by atoms with Crippen molar-refractivity contribution >= 4 is 17.4 Å². The Kier molecular flexibility index (Phi) is 2.72. The van der Waals surface area contributed by atoms with Gasteiger partial charge in [-0.1, -0.05) is 18.2 Å². The second-order valence-corrected chi connectivity index (χ2v) is 4.87. The molecule has 1 aromatic carbocycles. The van der Waals surface area contributed by atoms with Crippen molar-refractivity contribution in [3.05, 3.63) is 53.5 Å². The van der Waals surface area contributed by atoms with Crippen LogP contribution in [0.1, 0.15) is 28.3 Å². The number of carbonyl (C=O) groups is 2. The summed E-state index contributed by atoms with van der Waals surface area (Å²) in [4.78, 5) is 24.1. The number of rotatable bonds is 3. The SMILES string of the molecule is Cc1ccc(C(=O)C[C@]2(O)C(=O)Nc3ccccc32)o1. The van der Waals surface area contributed by atoms with Crippen LogP contribution in [0.2, 0.25) is 0 Å². The maximum atomic E-state index is 12.1. The Bertz CT molecular complexity index is 703. The number of nitrogens with one attached hydrogen (secondary N) is 1. The fourth-order valence-corrected chi connectivity index (χ4v) is 2.38. The highest BCUT2D eigenvalue weighted by atomic mass is 16.3. The lowest BCUT2D eigenvalue weighted by molar-refractivity contribution is -0.133. The van der Waals surface area contributed by atoms with Gasteiger partial charge in [0, 0.05) is 11.3 Å². The molecule has 1 aromatic heterocycles. The molecule has 102 valence electrons. The minimum absolute atomic E-state index is 0.146. The average Bonchev–Trinajstić information content (AvgIpc) is 2.94. The summed E-state index contributed by atoms with van der Waals surface area (Å²) < 4.78 is 5.23. The van der Waals surface area contributed by atoms with Crippen LogP contribution in [0.15, 0.2) is 40.8 Å². The lowest BCUT2D eigenvalue weighted by atomic mass is 9.89. The molecule has 5 heteroatoms. The molecule has 0 saturated carbocycles. The molecule has 1 aliphatic heterocycles. The van der Waals surface area contributed by atoms with E-state index in [2.05, 4.69) is 5.32 Å². The molecular formula is C15H13NO4. The molecule has 0 aliphatic carbocycles. The monoisotopic (exact) mass is 271 g/mol. The molecule has 2 heterocycles. The number of anilines is 1. The van der Waals surface area contributed by atoms with Crippen LogP contribution >= 0.6 is 0 Å². The zero-order chi connectivity index (χ0) is 14.3. The highest BCUT2D eigenvalue weighted by Gasteiger charge is 2.46. The van der Waals surface area contributed by atoms with Crippen molar-refractivity contribution in [1.82, 2.24) is 0 Å². The molecule has 0 spiro atoms. The predicted octanol–water partition coefficient (Wildman–Crippen LogP) is 2.00. The van der Waals surface area contributed by atoms with Crippen molar-refractivity contribution < 1.29 is 19.1 Å². The van der Waals surface area contributed by atoms with E-state index in [-0.39, 0.29) is 12.2 Å². The van der Waals surface area contributed by atoms with E-state index in [1.165, 1.54) is 0 Å². The maximum absolute atomic E-state index is 12.1. The van der Waals surface area contributed by atoms with E-state index in [0.717, 1.165) is 0 Å². The first kappa shape index (κ1) is 12.6. The van der Waals surface area contributed by atoms with Gasteiger partial charge < -0.3 is 14.8 Å². The average molecular weight is 271 g/mol. The zero-order valence-electron chi connectivity index (χ0n) is 10.8. The van der Waals surface area contributed by atoms with Gasteiger partial charge in [-0.25, -0.2) is 0 Å². The molecule has 0 unspecified atom stereocenters. The Hall–Kier alpha value is -2.40. The molecule has 1 amide bonds. The summed E-state index contributed by atoms with van der Waals surface area (Å²) >= 11 is 0. The van der Waals surface area contributed by atoms with E-state index in [0.29, 0.717) is 17.0 Å². The minimum atomic E-state index is -1.84. The van der Waals surface area contributed by atoms with Crippen molar-refractivity contribution in [2.45, 2.75) is 18.9 Å². The van der Waals surface area contributed by atoms with Gasteiger partial charge in [0.25, 0.3) is 5.91 Å². The third-order valence-electron chi connectivity index (χ3n) is 3.43. The third kappa shape index (κ3) is 1.83. The largest absolute Gasteiger partial charge is 0.458 e. The Labute approximate surface area is 115 Å². The van der Waals surface area contributed by atoms with E-state index >= 15 is 0 Å². The molecule has 2 N–H and O–H groups in total. The normalized spacial score (nSPS) is 20.6. The van der Waals surface area contributed by atoms with Gasteiger partial charge in [-0.3, -0.25) is 9.59 Å². The highest BCUT2D eigenvalue weighted by Crippen LogP contribution is 2.38. The first-order valence-corrected chi connectivity index (χ1v) is 6.24. The summed E-state index contributed by atoms with van der Waals surface area (Å²) in [6, 6.07) is 9.99. The van der Waals surface area contributed by atoms with Crippen molar-refractivity contribution in [1.29, 1.82) is 0 Å². The third-order valence-corrected chi connectivity index (χ3v) is 3.43. The van der Waals surface area contributed by atoms with E-state index < -0.39 is 17.3 Å². The van der Waals surface area contributed by atoms with Crippen molar-refractivity contribution in [3.63, 3.8) is 0 Å². The van der Waals surface area contributed by atoms with Gasteiger partial charge in [-0.15, -0.1) is 0 Å². The quantitative estimate of drug-likeness (QED) is 0.837. The van der Waals surface area contributed by atoms with Crippen LogP contribution < -0.4 is 5.32 Å². The van der Waals surface area contributed by atoms with Crippen molar-refractivity contribution in [2.24, 2.45) is 0 Å². The number of furan rings is 1. The molecule has 5 nitrogen and oxygen atoms in total. The Morgan fingerprint density at radius 3 is 2.75 bits per heavy atom. The molecule has 1 aliphatic rings. The van der Waals surface area contributed by atoms with Crippen molar-refractivity contribution in [2.75, 3.05) is 5.32 Å². The van der Waals surface area contributed by atoms with Crippen LogP contribution in [0.3, 0.4) is 0 Å². The lowest BCUT2D eigenvalue weighted by Crippen LogP contribution is -2.36. The first-order valence-electron chi connectivity index (χ1n) is 6.24. The molecule has 2 aromatic rings. The van der Waals surface area contributed by atoms with Crippen LogP contribution in [-0.2, 0) is 10.4 Å². The van der Waals surface area contributed by atoms with Crippen LogP contribution in [0.5, 0.6) is 0 Å². The number of benzene rings is 1. The van der Waals surface area contributed by atoms with Crippen molar-refractivity contribution in [3.8, 4) is 0 Å². The van der Waals surface area contributed by atoms with Gasteiger partial charge in [0.2, 0.25) is 5.78 Å². The molecule has 3 rings (SSSR count). The van der Waals surface area contributed by atoms with Gasteiger partial charge in [0.1, 0.15) is 5.76 Å². The number of carbonyl (C=O) groups excluding carboxylic acids is 2. The molecule has 0 bridgehead atoms. The number of aliphatic hydroxyl groups is 1. The van der Waals surface area contributed by atoms with Crippen LogP contribution in [0.4, 0.5) is 5.69 Å². The molecule has 1 atom stereocenters. The second-order valence-electron chi connectivity index (χ2n) is 4.87. The Morgan fingerprint density at radius 2 is 2.05 bits per heavy atom. The number of para-hydroxylation sites is 1. The smallest absolute Gasteiger partial charge is 0.261 e. The molecule has 0 fully saturated rings. The minimum Gasteiger partial charge on any atom is -0.458 e. The molecule has 0 radical (unpaired) electrons. The van der Waals surface area contributed by atoms with E-state index in [1.54, 1.807) is 43.3 Å². The number of fused-ring (bicyclic) bond motifs is 1. The summed E-state index contributed by atoms with van der Waals surface area (Å²) in [5.74, 6) is -0.243. The summed E-state index contributed by atoms with van der Waals surface area (Å²) in [7, 11) is 0. The predicted molar refractivity (Wildman–Crippen MR) is 71.4 cm³/mol.